The Kier molecular flexibility index (Phi) is 6.61. The number of hydrogen-bond acceptors (Lipinski definition) is 6. The first-order chi connectivity index (χ1) is 17.7. The number of aliphatic hydroxyl groups excluding tert-OH is 1. The van der Waals surface area contributed by atoms with Gasteiger partial charge < -0.3 is 10.0 Å². The summed E-state index contributed by atoms with van der Waals surface area (Å²) in [6.07, 6.45) is 4.21. The van der Waals surface area contributed by atoms with Gasteiger partial charge in [-0.1, -0.05) is 24.3 Å². The minimum absolute atomic E-state index is 0.143. The average molecular weight is 501 g/mol. The molecule has 0 bridgehead atoms. The molecule has 0 radical (unpaired) electrons. The molecule has 2 aromatic carbocycles. The van der Waals surface area contributed by atoms with Gasteiger partial charge in [-0.25, -0.2) is 0 Å². The molecule has 2 fully saturated rings. The van der Waals surface area contributed by atoms with E-state index in [1.54, 1.807) is 11.3 Å². The summed E-state index contributed by atoms with van der Waals surface area (Å²) in [6.45, 7) is 3.75. The number of carbonyl (C=O) groups is 1. The van der Waals surface area contributed by atoms with Crippen molar-refractivity contribution in [2.75, 3.05) is 31.1 Å². The van der Waals surface area contributed by atoms with Gasteiger partial charge in [0, 0.05) is 41.0 Å². The molecule has 1 unspecified atom stereocenters. The van der Waals surface area contributed by atoms with E-state index in [1.807, 2.05) is 18.2 Å². The molecule has 1 atom stereocenters. The van der Waals surface area contributed by atoms with Gasteiger partial charge in [0.05, 0.1) is 17.3 Å². The van der Waals surface area contributed by atoms with Crippen LogP contribution in [0.15, 0.2) is 60.0 Å². The van der Waals surface area contributed by atoms with E-state index in [0.29, 0.717) is 6.42 Å². The molecule has 2 saturated heterocycles. The molecule has 0 amide bonds. The standard InChI is InChI=1S/C29H32N4O2S/c34-23-11-15-32(16-12-23)22-8-6-21(7-9-22)28-24-18-20(5-10-25(24)30-31-28)19-26(35)29(27-4-3-17-36-27)33-13-1-2-14-33/h3-10,17-18,23,29,34H,1-2,11-16,19H2,(H,30,31). The lowest BCUT2D eigenvalue weighted by Gasteiger charge is -2.31. The fraction of sp³-hybridized carbons (Fsp3) is 0.379. The third kappa shape index (κ3) is 4.71. The van der Waals surface area contributed by atoms with Crippen LogP contribution in [0.1, 0.15) is 42.2 Å². The minimum Gasteiger partial charge on any atom is -0.393 e. The van der Waals surface area contributed by atoms with Crippen molar-refractivity contribution in [1.29, 1.82) is 0 Å². The van der Waals surface area contributed by atoms with E-state index in [9.17, 15) is 9.90 Å². The molecule has 0 spiro atoms. The van der Waals surface area contributed by atoms with Gasteiger partial charge in [-0.05, 0) is 80.0 Å². The topological polar surface area (TPSA) is 72.5 Å². The number of likely N-dealkylation sites (tertiary alicyclic amines) is 1. The number of piperidine rings is 1. The molecular formula is C29H32N4O2S. The maximum Gasteiger partial charge on any atom is 0.159 e. The SMILES string of the molecule is O=C(Cc1ccc2[nH]nc(-c3ccc(N4CCC(O)CC4)cc3)c2c1)C(c1cccs1)N1CCCC1. The van der Waals surface area contributed by atoms with Gasteiger partial charge in [0.15, 0.2) is 5.78 Å². The molecule has 4 aromatic rings. The average Bonchev–Trinajstić information content (AvgIpc) is 3.68. The van der Waals surface area contributed by atoms with Crippen molar-refractivity contribution in [2.24, 2.45) is 0 Å². The molecule has 0 saturated carbocycles. The first-order valence-electron chi connectivity index (χ1n) is 13.0. The number of nitrogens with zero attached hydrogens (tertiary/aromatic N) is 3. The third-order valence-electron chi connectivity index (χ3n) is 7.60. The van der Waals surface area contributed by atoms with Crippen LogP contribution in [0.25, 0.3) is 22.2 Å². The highest BCUT2D eigenvalue weighted by Gasteiger charge is 2.30. The summed E-state index contributed by atoms with van der Waals surface area (Å²) in [5.41, 5.74) is 5.15. The molecular weight excluding hydrogens is 468 g/mol. The molecule has 2 aliphatic rings. The van der Waals surface area contributed by atoms with Crippen LogP contribution in [-0.2, 0) is 11.2 Å². The number of fused-ring (bicyclic) bond motifs is 1. The Morgan fingerprint density at radius 1 is 1.06 bits per heavy atom. The van der Waals surface area contributed by atoms with Crippen LogP contribution in [0.3, 0.4) is 0 Å². The molecule has 7 heteroatoms. The monoisotopic (exact) mass is 500 g/mol. The lowest BCUT2D eigenvalue weighted by Crippen LogP contribution is -2.35. The number of hydrogen-bond donors (Lipinski definition) is 2. The minimum atomic E-state index is -0.173. The molecule has 36 heavy (non-hydrogen) atoms. The molecule has 2 N–H and O–H groups in total. The summed E-state index contributed by atoms with van der Waals surface area (Å²) < 4.78 is 0. The van der Waals surface area contributed by atoms with Crippen molar-refractivity contribution < 1.29 is 9.90 Å². The number of carbonyl (C=O) groups excluding carboxylic acids is 1. The smallest absolute Gasteiger partial charge is 0.159 e. The van der Waals surface area contributed by atoms with Crippen molar-refractivity contribution in [2.45, 2.75) is 44.2 Å². The fourth-order valence-electron chi connectivity index (χ4n) is 5.63. The van der Waals surface area contributed by atoms with Crippen LogP contribution in [0.4, 0.5) is 5.69 Å². The molecule has 2 aromatic heterocycles. The van der Waals surface area contributed by atoms with E-state index in [-0.39, 0.29) is 17.9 Å². The van der Waals surface area contributed by atoms with Gasteiger partial charge in [-0.3, -0.25) is 14.8 Å². The van der Waals surface area contributed by atoms with E-state index >= 15 is 0 Å². The number of rotatable bonds is 7. The third-order valence-corrected chi connectivity index (χ3v) is 8.52. The van der Waals surface area contributed by atoms with E-state index in [4.69, 9.17) is 0 Å². The Morgan fingerprint density at radius 2 is 1.83 bits per heavy atom. The van der Waals surface area contributed by atoms with E-state index < -0.39 is 0 Å². The zero-order valence-electron chi connectivity index (χ0n) is 20.4. The predicted molar refractivity (Wildman–Crippen MR) is 146 cm³/mol. The quantitative estimate of drug-likeness (QED) is 0.365. The number of nitrogens with one attached hydrogen (secondary N) is 1. The summed E-state index contributed by atoms with van der Waals surface area (Å²) in [5.74, 6) is 0.264. The number of benzene rings is 2. The van der Waals surface area contributed by atoms with Gasteiger partial charge in [-0.2, -0.15) is 5.10 Å². The summed E-state index contributed by atoms with van der Waals surface area (Å²) in [7, 11) is 0. The molecule has 6 nitrogen and oxygen atoms in total. The van der Waals surface area contributed by atoms with Crippen molar-refractivity contribution in [1.82, 2.24) is 15.1 Å². The van der Waals surface area contributed by atoms with Crippen LogP contribution >= 0.6 is 11.3 Å². The summed E-state index contributed by atoms with van der Waals surface area (Å²) in [4.78, 5) is 19.4. The maximum atomic E-state index is 13.6. The first-order valence-corrected chi connectivity index (χ1v) is 13.8. The Bertz CT molecular complexity index is 1320. The summed E-state index contributed by atoms with van der Waals surface area (Å²) in [6, 6.07) is 18.7. The molecule has 6 rings (SSSR count). The number of aromatic amines is 1. The molecule has 2 aliphatic heterocycles. The lowest BCUT2D eigenvalue weighted by atomic mass is 9.99. The second-order valence-electron chi connectivity index (χ2n) is 10.0. The highest BCUT2D eigenvalue weighted by Crippen LogP contribution is 2.32. The zero-order chi connectivity index (χ0) is 24.5. The Hall–Kier alpha value is -3.00. The van der Waals surface area contributed by atoms with Crippen LogP contribution < -0.4 is 4.90 Å². The number of aromatic nitrogens is 2. The van der Waals surface area contributed by atoms with Gasteiger partial charge in [0.25, 0.3) is 0 Å². The van der Waals surface area contributed by atoms with E-state index in [1.165, 1.54) is 5.69 Å². The fourth-order valence-corrected chi connectivity index (χ4v) is 6.51. The van der Waals surface area contributed by atoms with Gasteiger partial charge >= 0.3 is 0 Å². The first kappa shape index (κ1) is 23.4. The van der Waals surface area contributed by atoms with Gasteiger partial charge in [0.2, 0.25) is 0 Å². The van der Waals surface area contributed by atoms with Gasteiger partial charge in [0.1, 0.15) is 6.04 Å². The number of ketones is 1. The predicted octanol–water partition coefficient (Wildman–Crippen LogP) is 5.20. The number of aliphatic hydroxyl groups is 1. The van der Waals surface area contributed by atoms with Crippen molar-refractivity contribution in [3.63, 3.8) is 0 Å². The van der Waals surface area contributed by atoms with Crippen LogP contribution in [0, 0.1) is 0 Å². The summed E-state index contributed by atoms with van der Waals surface area (Å²) >= 11 is 1.68. The number of thiophene rings is 1. The number of Topliss-reactive ketones (excluding diaryl/α,β-unsaturated/α-hetero) is 1. The number of anilines is 1. The molecule has 4 heterocycles. The van der Waals surface area contributed by atoms with E-state index in [2.05, 4.69) is 61.8 Å². The van der Waals surface area contributed by atoms with Crippen molar-refractivity contribution >= 4 is 33.7 Å². The highest BCUT2D eigenvalue weighted by atomic mass is 32.1. The zero-order valence-corrected chi connectivity index (χ0v) is 21.2. The molecule has 186 valence electrons. The van der Waals surface area contributed by atoms with Crippen LogP contribution in [0.2, 0.25) is 0 Å². The van der Waals surface area contributed by atoms with Crippen LogP contribution in [-0.4, -0.2) is 58.3 Å². The largest absolute Gasteiger partial charge is 0.393 e. The van der Waals surface area contributed by atoms with Gasteiger partial charge in [-0.15, -0.1) is 11.3 Å². The van der Waals surface area contributed by atoms with Crippen LogP contribution in [0.5, 0.6) is 0 Å². The second-order valence-corrected chi connectivity index (χ2v) is 11.0. The number of H-pyrrole nitrogens is 1. The Morgan fingerprint density at radius 3 is 2.56 bits per heavy atom. The summed E-state index contributed by atoms with van der Waals surface area (Å²) in [5, 5.41) is 20.7. The maximum absolute atomic E-state index is 13.6. The van der Waals surface area contributed by atoms with Crippen molar-refractivity contribution in [3.05, 3.63) is 70.4 Å². The Labute approximate surface area is 215 Å². The van der Waals surface area contributed by atoms with E-state index in [0.717, 1.165) is 84.5 Å². The second kappa shape index (κ2) is 10.2. The van der Waals surface area contributed by atoms with Crippen molar-refractivity contribution in [3.8, 4) is 11.3 Å². The Balaban J connectivity index is 1.23. The normalized spacial score (nSPS) is 18.2. The highest BCUT2D eigenvalue weighted by molar-refractivity contribution is 7.10. The molecule has 0 aliphatic carbocycles. The lowest BCUT2D eigenvalue weighted by molar-refractivity contribution is -0.123.